The molecule has 0 bridgehead atoms. The Bertz CT molecular complexity index is 323. The van der Waals surface area contributed by atoms with E-state index < -0.39 is 5.91 Å². The number of hydrogen-bond donors (Lipinski definition) is 1. The molecule has 0 heterocycles. The first kappa shape index (κ1) is 15.6. The van der Waals surface area contributed by atoms with E-state index in [4.69, 9.17) is 0 Å². The number of carbonyl (C=O) groups excluding carboxylic acids is 2. The minimum Gasteiger partial charge on any atom is -0.353 e. The van der Waals surface area contributed by atoms with Crippen molar-refractivity contribution in [2.45, 2.75) is 46.5 Å². The number of allylic oxidation sites excluding steroid dienone is 4. The van der Waals surface area contributed by atoms with Crippen LogP contribution in [0.5, 0.6) is 0 Å². The lowest BCUT2D eigenvalue weighted by atomic mass is 10.1. The van der Waals surface area contributed by atoms with Crippen LogP contribution >= 0.6 is 0 Å². The maximum Gasteiger partial charge on any atom is 0.287 e. The van der Waals surface area contributed by atoms with Gasteiger partial charge < -0.3 is 5.32 Å². The molecular weight excluding hydrogens is 214 g/mol. The Labute approximate surface area is 104 Å². The van der Waals surface area contributed by atoms with Crippen LogP contribution in [0, 0.1) is 0 Å². The molecule has 0 aromatic heterocycles. The fraction of sp³-hybridized carbons (Fsp3) is 0.571. The summed E-state index contributed by atoms with van der Waals surface area (Å²) in [7, 11) is 1.47. The smallest absolute Gasteiger partial charge is 0.287 e. The molecule has 0 aliphatic carbocycles. The second-order valence-electron chi connectivity index (χ2n) is 4.41. The van der Waals surface area contributed by atoms with Crippen LogP contribution in [0.1, 0.15) is 46.5 Å². The minimum absolute atomic E-state index is 0.291. The second-order valence-corrected chi connectivity index (χ2v) is 4.41. The van der Waals surface area contributed by atoms with Crippen molar-refractivity contribution in [1.29, 1.82) is 0 Å². The van der Waals surface area contributed by atoms with Crippen LogP contribution in [0.25, 0.3) is 0 Å². The Balaban J connectivity index is 3.88. The molecular formula is C14H23NO2. The topological polar surface area (TPSA) is 46.2 Å². The maximum absolute atomic E-state index is 11.2. The van der Waals surface area contributed by atoms with E-state index in [-0.39, 0.29) is 5.78 Å². The molecule has 0 saturated heterocycles. The minimum atomic E-state index is -0.499. The van der Waals surface area contributed by atoms with E-state index in [1.165, 1.54) is 18.2 Å². The first-order chi connectivity index (χ1) is 7.97. The lowest BCUT2D eigenvalue weighted by Crippen LogP contribution is -2.27. The standard InChI is InChI=1S/C14H23NO2/c1-11(2)7-5-8-12(3)9-6-10-13(16)14(17)15-4/h7,9H,5-6,8,10H2,1-4H3,(H,15,17). The maximum atomic E-state index is 11.2. The molecule has 96 valence electrons. The second kappa shape index (κ2) is 8.74. The average Bonchev–Trinajstić information content (AvgIpc) is 2.27. The van der Waals surface area contributed by atoms with E-state index in [9.17, 15) is 9.59 Å². The van der Waals surface area contributed by atoms with Gasteiger partial charge >= 0.3 is 0 Å². The Morgan fingerprint density at radius 2 is 1.59 bits per heavy atom. The Hall–Kier alpha value is -1.38. The van der Waals surface area contributed by atoms with Crippen molar-refractivity contribution in [2.75, 3.05) is 7.05 Å². The van der Waals surface area contributed by atoms with E-state index in [2.05, 4.69) is 32.2 Å². The molecule has 0 aliphatic rings. The van der Waals surface area contributed by atoms with Gasteiger partial charge in [-0.3, -0.25) is 9.59 Å². The number of nitrogens with one attached hydrogen (secondary N) is 1. The molecule has 0 saturated carbocycles. The fourth-order valence-electron chi connectivity index (χ4n) is 1.39. The lowest BCUT2D eigenvalue weighted by Gasteiger charge is -2.00. The molecule has 0 aromatic carbocycles. The summed E-state index contributed by atoms with van der Waals surface area (Å²) in [4.78, 5) is 22.2. The van der Waals surface area contributed by atoms with Gasteiger partial charge in [-0.05, 0) is 40.0 Å². The van der Waals surface area contributed by atoms with Gasteiger partial charge in [0.05, 0.1) is 0 Å². The molecule has 0 aromatic rings. The molecule has 0 unspecified atom stereocenters. The molecule has 0 atom stereocenters. The van der Waals surface area contributed by atoms with Crippen molar-refractivity contribution in [1.82, 2.24) is 5.32 Å². The molecule has 3 heteroatoms. The summed E-state index contributed by atoms with van der Waals surface area (Å²) in [6.45, 7) is 6.23. The average molecular weight is 237 g/mol. The number of carbonyl (C=O) groups is 2. The van der Waals surface area contributed by atoms with Crippen LogP contribution in [0.2, 0.25) is 0 Å². The summed E-state index contributed by atoms with van der Waals surface area (Å²) in [6, 6.07) is 0. The van der Waals surface area contributed by atoms with Crippen LogP contribution < -0.4 is 5.32 Å². The third-order valence-corrected chi connectivity index (χ3v) is 2.44. The normalized spacial score (nSPS) is 10.9. The van der Waals surface area contributed by atoms with Crippen molar-refractivity contribution in [3.63, 3.8) is 0 Å². The van der Waals surface area contributed by atoms with E-state index in [0.717, 1.165) is 12.8 Å². The predicted octanol–water partition coefficient (Wildman–Crippen LogP) is 2.77. The summed E-state index contributed by atoms with van der Waals surface area (Å²) in [5.74, 6) is -0.846. The van der Waals surface area contributed by atoms with Gasteiger partial charge in [-0.15, -0.1) is 0 Å². The molecule has 3 nitrogen and oxygen atoms in total. The van der Waals surface area contributed by atoms with Crippen molar-refractivity contribution < 1.29 is 9.59 Å². The molecule has 0 fully saturated rings. The van der Waals surface area contributed by atoms with Gasteiger partial charge in [-0.25, -0.2) is 0 Å². The number of ketones is 1. The Kier molecular flexibility index (Phi) is 8.03. The molecule has 0 spiro atoms. The van der Waals surface area contributed by atoms with Crippen molar-refractivity contribution >= 4 is 11.7 Å². The SMILES string of the molecule is CNC(=O)C(=O)CCC=C(C)CCC=C(C)C. The monoisotopic (exact) mass is 237 g/mol. The van der Waals surface area contributed by atoms with E-state index in [1.807, 2.05) is 6.08 Å². The number of amides is 1. The molecule has 0 radical (unpaired) electrons. The third kappa shape index (κ3) is 8.43. The molecule has 17 heavy (non-hydrogen) atoms. The zero-order valence-electron chi connectivity index (χ0n) is 11.3. The highest BCUT2D eigenvalue weighted by Gasteiger charge is 2.09. The quantitative estimate of drug-likeness (QED) is 0.546. The van der Waals surface area contributed by atoms with Crippen LogP contribution in [0.4, 0.5) is 0 Å². The van der Waals surface area contributed by atoms with Gasteiger partial charge in [0.1, 0.15) is 0 Å². The Morgan fingerprint density at radius 3 is 2.12 bits per heavy atom. The van der Waals surface area contributed by atoms with Crippen LogP contribution in [0.15, 0.2) is 23.3 Å². The number of Topliss-reactive ketones (excluding diaryl/α,β-unsaturated/α-hetero) is 1. The molecule has 0 aliphatic heterocycles. The highest BCUT2D eigenvalue weighted by Crippen LogP contribution is 2.08. The van der Waals surface area contributed by atoms with Gasteiger partial charge in [0.15, 0.2) is 0 Å². The molecule has 1 N–H and O–H groups in total. The van der Waals surface area contributed by atoms with Crippen molar-refractivity contribution in [2.24, 2.45) is 0 Å². The predicted molar refractivity (Wildman–Crippen MR) is 70.7 cm³/mol. The van der Waals surface area contributed by atoms with E-state index >= 15 is 0 Å². The van der Waals surface area contributed by atoms with E-state index in [1.54, 1.807) is 0 Å². The van der Waals surface area contributed by atoms with Gasteiger partial charge in [-0.2, -0.15) is 0 Å². The highest BCUT2D eigenvalue weighted by atomic mass is 16.2. The van der Waals surface area contributed by atoms with Crippen LogP contribution in [0.3, 0.4) is 0 Å². The summed E-state index contributed by atoms with van der Waals surface area (Å²) in [5, 5.41) is 2.33. The molecule has 0 rings (SSSR count). The lowest BCUT2D eigenvalue weighted by molar-refractivity contribution is -0.137. The van der Waals surface area contributed by atoms with Crippen LogP contribution in [-0.2, 0) is 9.59 Å². The van der Waals surface area contributed by atoms with Crippen molar-refractivity contribution in [3.05, 3.63) is 23.3 Å². The summed E-state index contributed by atoms with van der Waals surface area (Å²) in [6.07, 6.45) is 7.23. The number of rotatable bonds is 7. The van der Waals surface area contributed by atoms with Crippen LogP contribution in [-0.4, -0.2) is 18.7 Å². The summed E-state index contributed by atoms with van der Waals surface area (Å²) in [5.41, 5.74) is 2.60. The number of hydrogen-bond acceptors (Lipinski definition) is 2. The van der Waals surface area contributed by atoms with Gasteiger partial charge in [-0.1, -0.05) is 23.3 Å². The fourth-order valence-corrected chi connectivity index (χ4v) is 1.39. The zero-order chi connectivity index (χ0) is 13.3. The summed E-state index contributed by atoms with van der Waals surface area (Å²) < 4.78 is 0. The van der Waals surface area contributed by atoms with Gasteiger partial charge in [0, 0.05) is 13.5 Å². The highest BCUT2D eigenvalue weighted by molar-refractivity contribution is 6.36. The first-order valence-electron chi connectivity index (χ1n) is 6.01. The molecule has 1 amide bonds. The Morgan fingerprint density at radius 1 is 1.00 bits per heavy atom. The first-order valence-corrected chi connectivity index (χ1v) is 6.01. The van der Waals surface area contributed by atoms with E-state index in [0.29, 0.717) is 12.8 Å². The number of likely N-dealkylation sites (N-methyl/N-ethyl adjacent to an activating group) is 1. The largest absolute Gasteiger partial charge is 0.353 e. The van der Waals surface area contributed by atoms with Crippen molar-refractivity contribution in [3.8, 4) is 0 Å². The van der Waals surface area contributed by atoms with Gasteiger partial charge in [0.2, 0.25) is 5.78 Å². The zero-order valence-corrected chi connectivity index (χ0v) is 11.3. The summed E-state index contributed by atoms with van der Waals surface area (Å²) >= 11 is 0. The van der Waals surface area contributed by atoms with Gasteiger partial charge in [0.25, 0.3) is 5.91 Å². The third-order valence-electron chi connectivity index (χ3n) is 2.44.